The van der Waals surface area contributed by atoms with Gasteiger partial charge in [-0.25, -0.2) is 0 Å². The Balaban J connectivity index is 2.68. The van der Waals surface area contributed by atoms with Gasteiger partial charge in [-0.05, 0) is 25.0 Å². The Bertz CT molecular complexity index is 363. The zero-order valence-corrected chi connectivity index (χ0v) is 10.2. The molecule has 1 atom stereocenters. The molecule has 16 heavy (non-hydrogen) atoms. The van der Waals surface area contributed by atoms with E-state index in [0.29, 0.717) is 12.1 Å². The second kappa shape index (κ2) is 5.54. The van der Waals surface area contributed by atoms with Crippen molar-refractivity contribution in [3.8, 4) is 0 Å². The monoisotopic (exact) mass is 220 g/mol. The fourth-order valence-corrected chi connectivity index (χ4v) is 1.50. The van der Waals surface area contributed by atoms with E-state index in [1.54, 1.807) is 4.90 Å². The summed E-state index contributed by atoms with van der Waals surface area (Å²) in [5.74, 6) is 0.118. The van der Waals surface area contributed by atoms with Crippen LogP contribution in [0.3, 0.4) is 0 Å². The molecule has 1 aromatic rings. The lowest BCUT2D eigenvalue weighted by atomic mass is 10.1. The average Bonchev–Trinajstić information content (AvgIpc) is 2.30. The molecule has 2 N–H and O–H groups in total. The van der Waals surface area contributed by atoms with Gasteiger partial charge in [-0.3, -0.25) is 4.79 Å². The topological polar surface area (TPSA) is 46.3 Å². The highest BCUT2D eigenvalue weighted by atomic mass is 16.2. The van der Waals surface area contributed by atoms with Crippen molar-refractivity contribution in [3.05, 3.63) is 29.8 Å². The van der Waals surface area contributed by atoms with Crippen molar-refractivity contribution >= 4 is 11.6 Å². The van der Waals surface area contributed by atoms with Crippen molar-refractivity contribution in [2.75, 3.05) is 12.8 Å². The molecule has 0 saturated carbocycles. The lowest BCUT2D eigenvalue weighted by molar-refractivity contribution is -0.130. The van der Waals surface area contributed by atoms with Gasteiger partial charge in [0, 0.05) is 18.8 Å². The second-order valence-corrected chi connectivity index (χ2v) is 4.14. The van der Waals surface area contributed by atoms with Crippen LogP contribution in [-0.4, -0.2) is 23.9 Å². The molecule has 88 valence electrons. The van der Waals surface area contributed by atoms with Crippen molar-refractivity contribution in [2.45, 2.75) is 32.7 Å². The number of nitrogens with zero attached hydrogens (tertiary/aromatic N) is 1. The molecule has 0 spiro atoms. The molecule has 1 unspecified atom stereocenters. The molecule has 0 fully saturated rings. The number of hydrogen-bond acceptors (Lipinski definition) is 2. The number of anilines is 1. The van der Waals surface area contributed by atoms with Crippen LogP contribution in [-0.2, 0) is 11.2 Å². The number of likely N-dealkylation sites (N-methyl/N-ethyl adjacent to an activating group) is 1. The molecule has 0 bridgehead atoms. The minimum atomic E-state index is 0.118. The van der Waals surface area contributed by atoms with E-state index in [4.69, 9.17) is 5.73 Å². The third-order valence-corrected chi connectivity index (χ3v) is 3.04. The van der Waals surface area contributed by atoms with Gasteiger partial charge < -0.3 is 10.6 Å². The Kier molecular flexibility index (Phi) is 4.35. The number of hydrogen-bond donors (Lipinski definition) is 1. The molecule has 0 aliphatic rings. The molecular weight excluding hydrogens is 200 g/mol. The number of rotatable bonds is 4. The van der Waals surface area contributed by atoms with Gasteiger partial charge in [0.05, 0.1) is 6.42 Å². The van der Waals surface area contributed by atoms with E-state index in [1.807, 2.05) is 38.2 Å². The predicted octanol–water partition coefficient (Wildman–Crippen LogP) is 2.07. The summed E-state index contributed by atoms with van der Waals surface area (Å²) in [6.07, 6.45) is 1.35. The number of carbonyl (C=O) groups excluding carboxylic acids is 1. The van der Waals surface area contributed by atoms with E-state index in [9.17, 15) is 4.79 Å². The van der Waals surface area contributed by atoms with Crippen LogP contribution in [0.15, 0.2) is 24.3 Å². The molecule has 1 amide bonds. The van der Waals surface area contributed by atoms with E-state index < -0.39 is 0 Å². The van der Waals surface area contributed by atoms with E-state index in [1.165, 1.54) is 0 Å². The first-order valence-corrected chi connectivity index (χ1v) is 5.65. The third-order valence-electron chi connectivity index (χ3n) is 3.04. The van der Waals surface area contributed by atoms with Crippen LogP contribution in [0.4, 0.5) is 5.69 Å². The SMILES string of the molecule is CCC(C)N(C)C(=O)Cc1ccccc1N. The van der Waals surface area contributed by atoms with Crippen LogP contribution in [0, 0.1) is 0 Å². The van der Waals surface area contributed by atoms with Gasteiger partial charge in [0.1, 0.15) is 0 Å². The van der Waals surface area contributed by atoms with Crippen molar-refractivity contribution < 1.29 is 4.79 Å². The number of nitrogens with two attached hydrogens (primary N) is 1. The average molecular weight is 220 g/mol. The van der Waals surface area contributed by atoms with E-state index in [-0.39, 0.29) is 11.9 Å². The fraction of sp³-hybridized carbons (Fsp3) is 0.462. The molecule has 0 aliphatic heterocycles. The Labute approximate surface area is 97.2 Å². The van der Waals surface area contributed by atoms with Gasteiger partial charge in [0.25, 0.3) is 0 Å². The lowest BCUT2D eigenvalue weighted by Crippen LogP contribution is -2.35. The summed E-state index contributed by atoms with van der Waals surface area (Å²) in [7, 11) is 1.84. The maximum absolute atomic E-state index is 11.9. The summed E-state index contributed by atoms with van der Waals surface area (Å²) in [5.41, 5.74) is 7.40. The first-order chi connectivity index (χ1) is 7.56. The first-order valence-electron chi connectivity index (χ1n) is 5.65. The number of carbonyl (C=O) groups is 1. The molecule has 0 aliphatic carbocycles. The number of amides is 1. The number of benzene rings is 1. The smallest absolute Gasteiger partial charge is 0.227 e. The highest BCUT2D eigenvalue weighted by molar-refractivity contribution is 5.80. The quantitative estimate of drug-likeness (QED) is 0.789. The van der Waals surface area contributed by atoms with Crippen molar-refractivity contribution in [3.63, 3.8) is 0 Å². The minimum Gasteiger partial charge on any atom is -0.398 e. The zero-order valence-electron chi connectivity index (χ0n) is 10.2. The van der Waals surface area contributed by atoms with E-state index in [0.717, 1.165) is 12.0 Å². The number of nitrogen functional groups attached to an aromatic ring is 1. The molecule has 0 heterocycles. The maximum Gasteiger partial charge on any atom is 0.227 e. The van der Waals surface area contributed by atoms with Crippen molar-refractivity contribution in [1.29, 1.82) is 0 Å². The molecule has 0 saturated heterocycles. The second-order valence-electron chi connectivity index (χ2n) is 4.14. The van der Waals surface area contributed by atoms with Crippen LogP contribution in [0.5, 0.6) is 0 Å². The summed E-state index contributed by atoms with van der Waals surface area (Å²) in [6.45, 7) is 4.12. The van der Waals surface area contributed by atoms with E-state index >= 15 is 0 Å². The van der Waals surface area contributed by atoms with Gasteiger partial charge in [-0.15, -0.1) is 0 Å². The van der Waals surface area contributed by atoms with Crippen LogP contribution < -0.4 is 5.73 Å². The number of para-hydroxylation sites is 1. The molecule has 3 nitrogen and oxygen atoms in total. The summed E-state index contributed by atoms with van der Waals surface area (Å²) in [4.78, 5) is 13.7. The van der Waals surface area contributed by atoms with Crippen LogP contribution in [0.25, 0.3) is 0 Å². The predicted molar refractivity (Wildman–Crippen MR) is 67.1 cm³/mol. The third kappa shape index (κ3) is 2.99. The van der Waals surface area contributed by atoms with Crippen molar-refractivity contribution in [1.82, 2.24) is 4.90 Å². The summed E-state index contributed by atoms with van der Waals surface area (Å²) in [6, 6.07) is 7.78. The lowest BCUT2D eigenvalue weighted by Gasteiger charge is -2.24. The largest absolute Gasteiger partial charge is 0.398 e. The molecule has 0 radical (unpaired) electrons. The van der Waals surface area contributed by atoms with Crippen LogP contribution in [0.1, 0.15) is 25.8 Å². The van der Waals surface area contributed by atoms with Gasteiger partial charge in [-0.1, -0.05) is 25.1 Å². The normalized spacial score (nSPS) is 12.2. The van der Waals surface area contributed by atoms with Crippen molar-refractivity contribution in [2.24, 2.45) is 0 Å². The summed E-state index contributed by atoms with van der Waals surface area (Å²) < 4.78 is 0. The maximum atomic E-state index is 11.9. The Morgan fingerprint density at radius 2 is 2.06 bits per heavy atom. The highest BCUT2D eigenvalue weighted by Crippen LogP contribution is 2.13. The fourth-order valence-electron chi connectivity index (χ4n) is 1.50. The Hall–Kier alpha value is -1.51. The van der Waals surface area contributed by atoms with Gasteiger partial charge in [0.2, 0.25) is 5.91 Å². The molecule has 3 heteroatoms. The first kappa shape index (κ1) is 12.6. The molecular formula is C13H20N2O. The standard InChI is InChI=1S/C13H20N2O/c1-4-10(2)15(3)13(16)9-11-7-5-6-8-12(11)14/h5-8,10H,4,9,14H2,1-3H3. The van der Waals surface area contributed by atoms with Gasteiger partial charge >= 0.3 is 0 Å². The van der Waals surface area contributed by atoms with E-state index in [2.05, 4.69) is 6.92 Å². The van der Waals surface area contributed by atoms with Gasteiger partial charge in [0.15, 0.2) is 0 Å². The zero-order chi connectivity index (χ0) is 12.1. The van der Waals surface area contributed by atoms with Crippen LogP contribution in [0.2, 0.25) is 0 Å². The highest BCUT2D eigenvalue weighted by Gasteiger charge is 2.15. The Morgan fingerprint density at radius 1 is 1.44 bits per heavy atom. The molecule has 1 rings (SSSR count). The van der Waals surface area contributed by atoms with Gasteiger partial charge in [-0.2, -0.15) is 0 Å². The Morgan fingerprint density at radius 3 is 2.62 bits per heavy atom. The molecule has 0 aromatic heterocycles. The minimum absolute atomic E-state index is 0.118. The summed E-state index contributed by atoms with van der Waals surface area (Å²) in [5, 5.41) is 0. The molecule has 1 aromatic carbocycles. The van der Waals surface area contributed by atoms with Crippen LogP contribution >= 0.6 is 0 Å². The summed E-state index contributed by atoms with van der Waals surface area (Å²) >= 11 is 0.